The van der Waals surface area contributed by atoms with Gasteiger partial charge >= 0.3 is 0 Å². The summed E-state index contributed by atoms with van der Waals surface area (Å²) in [5.41, 5.74) is 1.28. The maximum absolute atomic E-state index is 11.7. The van der Waals surface area contributed by atoms with Crippen molar-refractivity contribution in [3.8, 4) is 0 Å². The smallest absolute Gasteiger partial charge is 0.269 e. The van der Waals surface area contributed by atoms with E-state index in [1.54, 1.807) is 18.6 Å². The van der Waals surface area contributed by atoms with E-state index in [2.05, 4.69) is 25.8 Å². The number of nitrogens with zero attached hydrogens (tertiary/aromatic N) is 4. The first-order valence-electron chi connectivity index (χ1n) is 6.51. The minimum absolute atomic E-state index is 0.163. The highest BCUT2D eigenvalue weighted by Crippen LogP contribution is 2.08. The van der Waals surface area contributed by atoms with Crippen molar-refractivity contribution < 1.29 is 4.79 Å². The maximum atomic E-state index is 11.7. The van der Waals surface area contributed by atoms with Crippen molar-refractivity contribution >= 4 is 11.6 Å². The first-order valence-corrected chi connectivity index (χ1v) is 6.51. The molecule has 0 aliphatic rings. The van der Waals surface area contributed by atoms with Gasteiger partial charge in [-0.25, -0.2) is 0 Å². The van der Waals surface area contributed by atoms with Crippen molar-refractivity contribution in [1.82, 2.24) is 25.1 Å². The molecule has 7 nitrogen and oxygen atoms in total. The molecule has 2 N–H and O–H groups in total. The first kappa shape index (κ1) is 14.0. The lowest BCUT2D eigenvalue weighted by Gasteiger charge is -2.07. The van der Waals surface area contributed by atoms with E-state index in [0.717, 1.165) is 17.9 Å². The van der Waals surface area contributed by atoms with Crippen LogP contribution in [0.1, 0.15) is 23.2 Å². The number of amides is 1. The molecule has 0 aliphatic heterocycles. The molecule has 20 heavy (non-hydrogen) atoms. The lowest BCUT2D eigenvalue weighted by atomic mass is 10.3. The molecule has 0 saturated carbocycles. The van der Waals surface area contributed by atoms with Crippen LogP contribution in [0.2, 0.25) is 0 Å². The van der Waals surface area contributed by atoms with Crippen molar-refractivity contribution in [1.29, 1.82) is 0 Å². The molecule has 2 aromatic rings. The van der Waals surface area contributed by atoms with Gasteiger partial charge < -0.3 is 15.2 Å². The fourth-order valence-corrected chi connectivity index (χ4v) is 1.77. The largest absolute Gasteiger partial charge is 0.384 e. The van der Waals surface area contributed by atoms with Crippen LogP contribution in [0.4, 0.5) is 5.69 Å². The summed E-state index contributed by atoms with van der Waals surface area (Å²) in [7, 11) is 1.91. The Bertz CT molecular complexity index is 580. The molecule has 2 aromatic heterocycles. The number of hydrogen-bond donors (Lipinski definition) is 2. The molecule has 0 spiro atoms. The van der Waals surface area contributed by atoms with E-state index >= 15 is 0 Å². The van der Waals surface area contributed by atoms with Gasteiger partial charge in [-0.1, -0.05) is 0 Å². The van der Waals surface area contributed by atoms with Crippen LogP contribution in [-0.2, 0) is 13.5 Å². The summed E-state index contributed by atoms with van der Waals surface area (Å²) >= 11 is 0. The molecule has 0 bridgehead atoms. The van der Waals surface area contributed by atoms with Crippen molar-refractivity contribution in [3.63, 3.8) is 0 Å². The van der Waals surface area contributed by atoms with E-state index in [1.807, 2.05) is 24.6 Å². The summed E-state index contributed by atoms with van der Waals surface area (Å²) in [5.74, 6) is 0.750. The third kappa shape index (κ3) is 3.53. The van der Waals surface area contributed by atoms with Gasteiger partial charge in [0.05, 0.1) is 0 Å². The summed E-state index contributed by atoms with van der Waals surface area (Å²) in [6.45, 7) is 3.18. The number of hydrogen-bond acceptors (Lipinski definition) is 5. The number of aryl methyl sites for hydroxylation is 1. The highest BCUT2D eigenvalue weighted by Gasteiger charge is 2.06. The average Bonchev–Trinajstić information content (AvgIpc) is 2.85. The zero-order chi connectivity index (χ0) is 14.4. The van der Waals surface area contributed by atoms with E-state index in [1.165, 1.54) is 0 Å². The van der Waals surface area contributed by atoms with E-state index in [9.17, 15) is 4.79 Å². The minimum atomic E-state index is -0.163. The van der Waals surface area contributed by atoms with Gasteiger partial charge in [-0.3, -0.25) is 9.78 Å². The molecule has 1 amide bonds. The Morgan fingerprint density at radius 2 is 2.30 bits per heavy atom. The van der Waals surface area contributed by atoms with Crippen LogP contribution in [-0.4, -0.2) is 38.7 Å². The fourth-order valence-electron chi connectivity index (χ4n) is 1.77. The second-order valence-electron chi connectivity index (χ2n) is 4.32. The maximum Gasteiger partial charge on any atom is 0.269 e. The van der Waals surface area contributed by atoms with Gasteiger partial charge in [0.15, 0.2) is 0 Å². The normalized spacial score (nSPS) is 10.3. The lowest BCUT2D eigenvalue weighted by Crippen LogP contribution is -2.23. The van der Waals surface area contributed by atoms with Gasteiger partial charge in [-0.05, 0) is 19.1 Å². The molecule has 2 heterocycles. The monoisotopic (exact) mass is 274 g/mol. The fraction of sp³-hybridized carbons (Fsp3) is 0.385. The quantitative estimate of drug-likeness (QED) is 0.806. The second kappa shape index (κ2) is 6.65. The average molecular weight is 274 g/mol. The van der Waals surface area contributed by atoms with Crippen LogP contribution in [0.3, 0.4) is 0 Å². The first-order chi connectivity index (χ1) is 9.70. The molecule has 0 atom stereocenters. The minimum Gasteiger partial charge on any atom is -0.384 e. The van der Waals surface area contributed by atoms with Crippen LogP contribution >= 0.6 is 0 Å². The summed E-state index contributed by atoms with van der Waals surface area (Å²) in [6.07, 6.45) is 4.06. The van der Waals surface area contributed by atoms with Gasteiger partial charge in [-0.2, -0.15) is 0 Å². The van der Waals surface area contributed by atoms with E-state index in [-0.39, 0.29) is 5.91 Å². The number of rotatable bonds is 6. The third-order valence-corrected chi connectivity index (χ3v) is 2.81. The van der Waals surface area contributed by atoms with E-state index in [4.69, 9.17) is 0 Å². The molecule has 0 saturated heterocycles. The molecule has 0 fully saturated rings. The SMILES string of the molecule is CCNC(=O)c1cc(NCCc2nncn2C)ccn1. The van der Waals surface area contributed by atoms with E-state index < -0.39 is 0 Å². The number of anilines is 1. The predicted octanol–water partition coefficient (Wildman–Crippen LogP) is 0.614. The Balaban J connectivity index is 1.91. The number of nitrogens with one attached hydrogen (secondary N) is 2. The van der Waals surface area contributed by atoms with Crippen molar-refractivity contribution in [2.24, 2.45) is 7.05 Å². The molecule has 0 aliphatic carbocycles. The molecule has 0 unspecified atom stereocenters. The Morgan fingerprint density at radius 1 is 1.45 bits per heavy atom. The number of aromatic nitrogens is 4. The number of pyridine rings is 1. The summed E-state index contributed by atoms with van der Waals surface area (Å²) in [6, 6.07) is 3.57. The van der Waals surface area contributed by atoms with Crippen LogP contribution in [0.25, 0.3) is 0 Å². The Labute approximate surface area is 117 Å². The molecule has 2 rings (SSSR count). The molecule has 106 valence electrons. The molecular formula is C13H18N6O. The van der Waals surface area contributed by atoms with Crippen molar-refractivity contribution in [3.05, 3.63) is 36.2 Å². The summed E-state index contributed by atoms with van der Waals surface area (Å²) < 4.78 is 1.88. The molecule has 0 radical (unpaired) electrons. The molecular weight excluding hydrogens is 256 g/mol. The molecule has 0 aromatic carbocycles. The van der Waals surface area contributed by atoms with Gasteiger partial charge in [0, 0.05) is 38.4 Å². The van der Waals surface area contributed by atoms with Crippen LogP contribution in [0.15, 0.2) is 24.7 Å². The number of carbonyl (C=O) groups excluding carboxylic acids is 1. The Kier molecular flexibility index (Phi) is 4.65. The topological polar surface area (TPSA) is 84.7 Å². The zero-order valence-electron chi connectivity index (χ0n) is 11.6. The van der Waals surface area contributed by atoms with Crippen LogP contribution < -0.4 is 10.6 Å². The highest BCUT2D eigenvalue weighted by atomic mass is 16.1. The molecule has 7 heteroatoms. The summed E-state index contributed by atoms with van der Waals surface area (Å²) in [4.78, 5) is 15.7. The third-order valence-electron chi connectivity index (χ3n) is 2.81. The van der Waals surface area contributed by atoms with Crippen molar-refractivity contribution in [2.45, 2.75) is 13.3 Å². The Morgan fingerprint density at radius 3 is 3.00 bits per heavy atom. The zero-order valence-corrected chi connectivity index (χ0v) is 11.6. The van der Waals surface area contributed by atoms with Crippen molar-refractivity contribution in [2.75, 3.05) is 18.4 Å². The van der Waals surface area contributed by atoms with Gasteiger partial charge in [0.25, 0.3) is 5.91 Å². The van der Waals surface area contributed by atoms with Crippen LogP contribution in [0.5, 0.6) is 0 Å². The number of carbonyl (C=O) groups is 1. The lowest BCUT2D eigenvalue weighted by molar-refractivity contribution is 0.0951. The second-order valence-corrected chi connectivity index (χ2v) is 4.32. The van der Waals surface area contributed by atoms with Gasteiger partial charge in [0.2, 0.25) is 0 Å². The predicted molar refractivity (Wildman–Crippen MR) is 75.4 cm³/mol. The van der Waals surface area contributed by atoms with Gasteiger partial charge in [0.1, 0.15) is 17.8 Å². The Hall–Kier alpha value is -2.44. The standard InChI is InChI=1S/C13H18N6O/c1-3-14-13(20)11-8-10(4-6-16-11)15-7-5-12-18-17-9-19(12)2/h4,6,8-9H,3,5,7H2,1-2H3,(H,14,20)(H,15,16). The highest BCUT2D eigenvalue weighted by molar-refractivity contribution is 5.93. The summed E-state index contributed by atoms with van der Waals surface area (Å²) in [5, 5.41) is 13.8. The van der Waals surface area contributed by atoms with Crippen LogP contribution in [0, 0.1) is 0 Å². The van der Waals surface area contributed by atoms with E-state index in [0.29, 0.717) is 18.8 Å². The van der Waals surface area contributed by atoms with Gasteiger partial charge in [-0.15, -0.1) is 10.2 Å².